The van der Waals surface area contributed by atoms with E-state index in [1.54, 1.807) is 6.92 Å². The van der Waals surface area contributed by atoms with Crippen LogP contribution in [0.5, 0.6) is 0 Å². The highest BCUT2D eigenvalue weighted by atomic mass is 16.7. The molecular formula is C10H19NO3. The molecule has 1 N–H and O–H groups in total. The Kier molecular flexibility index (Phi) is 8.17. The van der Waals surface area contributed by atoms with Gasteiger partial charge >= 0.3 is 0 Å². The lowest BCUT2D eigenvalue weighted by molar-refractivity contribution is -0.121. The topological polar surface area (TPSA) is 47.6 Å². The maximum Gasteiger partial charge on any atom is 0.248 e. The van der Waals surface area contributed by atoms with Gasteiger partial charge in [-0.15, -0.1) is 0 Å². The molecular weight excluding hydrogens is 182 g/mol. The fourth-order valence-electron chi connectivity index (χ4n) is 0.673. The minimum absolute atomic E-state index is 0.165. The first-order chi connectivity index (χ1) is 6.68. The van der Waals surface area contributed by atoms with E-state index >= 15 is 0 Å². The van der Waals surface area contributed by atoms with Gasteiger partial charge in [0.05, 0.1) is 0 Å². The number of hydrogen-bond donors (Lipinski definition) is 1. The SMILES string of the molecule is C=C(C)C(=O)NCOCOCCCC. The summed E-state index contributed by atoms with van der Waals surface area (Å²) in [5.74, 6) is -0.196. The number of amides is 1. The Morgan fingerprint density at radius 3 is 2.71 bits per heavy atom. The third-order valence-electron chi connectivity index (χ3n) is 1.53. The van der Waals surface area contributed by atoms with Gasteiger partial charge in [-0.2, -0.15) is 0 Å². The molecule has 0 fully saturated rings. The summed E-state index contributed by atoms with van der Waals surface area (Å²) in [7, 11) is 0. The zero-order valence-electron chi connectivity index (χ0n) is 8.97. The Balaban J connectivity index is 3.13. The van der Waals surface area contributed by atoms with Crippen molar-refractivity contribution >= 4 is 5.91 Å². The lowest BCUT2D eigenvalue weighted by Crippen LogP contribution is -2.26. The zero-order chi connectivity index (χ0) is 10.8. The standard InChI is InChI=1S/C10H19NO3/c1-4-5-6-13-8-14-7-11-10(12)9(2)3/h2,4-8H2,1,3H3,(H,11,12). The molecule has 0 saturated heterocycles. The number of rotatable bonds is 8. The number of unbranched alkanes of at least 4 members (excludes halogenated alkanes) is 1. The highest BCUT2D eigenvalue weighted by Gasteiger charge is 1.98. The normalized spacial score (nSPS) is 9.86. The van der Waals surface area contributed by atoms with Crippen molar-refractivity contribution in [1.82, 2.24) is 5.32 Å². The Morgan fingerprint density at radius 2 is 2.14 bits per heavy atom. The predicted octanol–water partition coefficient (Wildman–Crippen LogP) is 1.43. The molecule has 0 saturated carbocycles. The van der Waals surface area contributed by atoms with Gasteiger partial charge in [0, 0.05) is 12.2 Å². The smallest absolute Gasteiger partial charge is 0.248 e. The van der Waals surface area contributed by atoms with Gasteiger partial charge in [0.25, 0.3) is 0 Å². The summed E-state index contributed by atoms with van der Waals surface area (Å²) in [5, 5.41) is 2.53. The summed E-state index contributed by atoms with van der Waals surface area (Å²) in [6.45, 7) is 8.32. The molecule has 0 aromatic rings. The van der Waals surface area contributed by atoms with Gasteiger partial charge in [-0.05, 0) is 13.3 Å². The highest BCUT2D eigenvalue weighted by Crippen LogP contribution is 1.88. The first-order valence-electron chi connectivity index (χ1n) is 4.77. The monoisotopic (exact) mass is 201 g/mol. The van der Waals surface area contributed by atoms with Crippen LogP contribution in [-0.2, 0) is 14.3 Å². The Hall–Kier alpha value is -0.870. The van der Waals surface area contributed by atoms with Crippen LogP contribution in [0.4, 0.5) is 0 Å². The van der Waals surface area contributed by atoms with Crippen LogP contribution in [0, 0.1) is 0 Å². The summed E-state index contributed by atoms with van der Waals surface area (Å²) in [5.41, 5.74) is 0.473. The highest BCUT2D eigenvalue weighted by molar-refractivity contribution is 5.91. The predicted molar refractivity (Wildman–Crippen MR) is 54.6 cm³/mol. The minimum atomic E-state index is -0.196. The maximum atomic E-state index is 10.9. The second-order valence-corrected chi connectivity index (χ2v) is 3.01. The van der Waals surface area contributed by atoms with E-state index in [1.807, 2.05) is 0 Å². The van der Waals surface area contributed by atoms with E-state index in [9.17, 15) is 4.79 Å². The maximum absolute atomic E-state index is 10.9. The molecule has 0 rings (SSSR count). The molecule has 0 aromatic heterocycles. The van der Waals surface area contributed by atoms with Crippen molar-refractivity contribution in [2.45, 2.75) is 26.7 Å². The van der Waals surface area contributed by atoms with Crippen molar-refractivity contribution in [2.75, 3.05) is 20.1 Å². The Bertz CT molecular complexity index is 180. The molecule has 0 aliphatic heterocycles. The molecule has 0 spiro atoms. The molecule has 4 nitrogen and oxygen atoms in total. The first kappa shape index (κ1) is 13.1. The molecule has 1 amide bonds. The molecule has 0 atom stereocenters. The van der Waals surface area contributed by atoms with E-state index in [-0.39, 0.29) is 19.4 Å². The van der Waals surface area contributed by atoms with E-state index in [1.165, 1.54) is 0 Å². The minimum Gasteiger partial charge on any atom is -0.355 e. The summed E-state index contributed by atoms with van der Waals surface area (Å²) >= 11 is 0. The largest absolute Gasteiger partial charge is 0.355 e. The summed E-state index contributed by atoms with van der Waals surface area (Å²) < 4.78 is 10.1. The van der Waals surface area contributed by atoms with Gasteiger partial charge in [-0.1, -0.05) is 19.9 Å². The average Bonchev–Trinajstić information content (AvgIpc) is 2.16. The molecule has 0 aromatic carbocycles. The fraction of sp³-hybridized carbons (Fsp3) is 0.700. The summed E-state index contributed by atoms with van der Waals surface area (Å²) in [4.78, 5) is 10.9. The number of nitrogens with one attached hydrogen (secondary N) is 1. The second kappa shape index (κ2) is 8.72. The van der Waals surface area contributed by atoms with Crippen LogP contribution in [0.25, 0.3) is 0 Å². The third-order valence-corrected chi connectivity index (χ3v) is 1.53. The molecule has 0 aliphatic carbocycles. The molecule has 0 heterocycles. The van der Waals surface area contributed by atoms with Crippen molar-refractivity contribution in [1.29, 1.82) is 0 Å². The molecule has 82 valence electrons. The van der Waals surface area contributed by atoms with Crippen LogP contribution in [0.3, 0.4) is 0 Å². The van der Waals surface area contributed by atoms with Gasteiger partial charge in [-0.25, -0.2) is 0 Å². The molecule has 14 heavy (non-hydrogen) atoms. The summed E-state index contributed by atoms with van der Waals surface area (Å²) in [6, 6.07) is 0. The lowest BCUT2D eigenvalue weighted by Gasteiger charge is -2.06. The Labute approximate surface area is 85.3 Å². The van der Waals surface area contributed by atoms with Crippen molar-refractivity contribution in [2.24, 2.45) is 0 Å². The third kappa shape index (κ3) is 7.76. The van der Waals surface area contributed by atoms with Crippen LogP contribution < -0.4 is 5.32 Å². The van der Waals surface area contributed by atoms with Gasteiger partial charge in [0.1, 0.15) is 13.5 Å². The van der Waals surface area contributed by atoms with Crippen LogP contribution in [0.2, 0.25) is 0 Å². The van der Waals surface area contributed by atoms with E-state index in [2.05, 4.69) is 18.8 Å². The van der Waals surface area contributed by atoms with Crippen LogP contribution in [-0.4, -0.2) is 26.0 Å². The van der Waals surface area contributed by atoms with Crippen molar-refractivity contribution in [3.8, 4) is 0 Å². The van der Waals surface area contributed by atoms with Gasteiger partial charge < -0.3 is 14.8 Å². The Morgan fingerprint density at radius 1 is 1.43 bits per heavy atom. The van der Waals surface area contributed by atoms with E-state index in [0.717, 1.165) is 12.8 Å². The van der Waals surface area contributed by atoms with Crippen LogP contribution >= 0.6 is 0 Å². The lowest BCUT2D eigenvalue weighted by atomic mass is 10.3. The van der Waals surface area contributed by atoms with Crippen LogP contribution in [0.15, 0.2) is 12.2 Å². The molecule has 0 unspecified atom stereocenters. The molecule has 0 radical (unpaired) electrons. The number of carbonyl (C=O) groups is 1. The number of hydrogen-bond acceptors (Lipinski definition) is 3. The van der Waals surface area contributed by atoms with Crippen molar-refractivity contribution in [3.05, 3.63) is 12.2 Å². The second-order valence-electron chi connectivity index (χ2n) is 3.01. The van der Waals surface area contributed by atoms with Crippen molar-refractivity contribution < 1.29 is 14.3 Å². The van der Waals surface area contributed by atoms with E-state index < -0.39 is 0 Å². The van der Waals surface area contributed by atoms with E-state index in [0.29, 0.717) is 12.2 Å². The van der Waals surface area contributed by atoms with Crippen molar-refractivity contribution in [3.63, 3.8) is 0 Å². The van der Waals surface area contributed by atoms with Gasteiger partial charge in [0.15, 0.2) is 0 Å². The van der Waals surface area contributed by atoms with Crippen LogP contribution in [0.1, 0.15) is 26.7 Å². The molecule has 0 aliphatic rings. The summed E-state index contributed by atoms with van der Waals surface area (Å²) in [6.07, 6.45) is 2.13. The van der Waals surface area contributed by atoms with Gasteiger partial charge in [-0.3, -0.25) is 4.79 Å². The number of ether oxygens (including phenoxy) is 2. The first-order valence-corrected chi connectivity index (χ1v) is 4.77. The van der Waals surface area contributed by atoms with E-state index in [4.69, 9.17) is 9.47 Å². The molecule has 0 bridgehead atoms. The van der Waals surface area contributed by atoms with Gasteiger partial charge in [0.2, 0.25) is 5.91 Å². The average molecular weight is 201 g/mol. The quantitative estimate of drug-likeness (QED) is 0.367. The zero-order valence-corrected chi connectivity index (χ0v) is 8.97. The fourth-order valence-corrected chi connectivity index (χ4v) is 0.673. The molecule has 4 heteroatoms. The number of carbonyl (C=O) groups excluding carboxylic acids is 1.